The van der Waals surface area contributed by atoms with Crippen molar-refractivity contribution in [2.24, 2.45) is 0 Å². The first-order valence-corrected chi connectivity index (χ1v) is 12.6. The molecule has 2 N–H and O–H groups in total. The highest BCUT2D eigenvalue weighted by Gasteiger charge is 2.30. The Morgan fingerprint density at radius 3 is 2.46 bits per heavy atom. The second-order valence-corrected chi connectivity index (χ2v) is 10.00. The first-order valence-electron chi connectivity index (χ1n) is 12.6. The van der Waals surface area contributed by atoms with E-state index in [1.165, 1.54) is 0 Å². The summed E-state index contributed by atoms with van der Waals surface area (Å²) < 4.78 is 11.3. The third-order valence-corrected chi connectivity index (χ3v) is 7.04. The zero-order valence-corrected chi connectivity index (χ0v) is 22.6. The highest BCUT2D eigenvalue weighted by molar-refractivity contribution is 6.08. The molecule has 0 atom stereocenters. The van der Waals surface area contributed by atoms with Gasteiger partial charge in [-0.1, -0.05) is 13.8 Å². The molecular formula is C28H37N5O4. The van der Waals surface area contributed by atoms with Crippen LogP contribution >= 0.6 is 0 Å². The van der Waals surface area contributed by atoms with Crippen LogP contribution < -0.4 is 19.9 Å². The van der Waals surface area contributed by atoms with Crippen molar-refractivity contribution in [3.63, 3.8) is 0 Å². The van der Waals surface area contributed by atoms with E-state index < -0.39 is 0 Å². The Hall–Kier alpha value is -3.59. The van der Waals surface area contributed by atoms with Crippen molar-refractivity contribution in [3.8, 4) is 5.75 Å². The molecule has 2 aromatic carbocycles. The number of ether oxygens (including phenoxy) is 2. The van der Waals surface area contributed by atoms with E-state index in [9.17, 15) is 9.59 Å². The molecule has 0 saturated carbocycles. The number of amidine groups is 1. The van der Waals surface area contributed by atoms with E-state index in [0.717, 1.165) is 41.3 Å². The molecule has 9 nitrogen and oxygen atoms in total. The predicted molar refractivity (Wildman–Crippen MR) is 146 cm³/mol. The van der Waals surface area contributed by atoms with Gasteiger partial charge >= 0.3 is 0 Å². The average molecular weight is 508 g/mol. The number of Topliss-reactive ketones (excluding diaryl/α,β-unsaturated/α-hetero) is 1. The van der Waals surface area contributed by atoms with Crippen molar-refractivity contribution in [2.45, 2.75) is 26.3 Å². The molecule has 4 rings (SSSR count). The number of nitrogens with zero attached hydrogens (tertiary/aromatic N) is 3. The number of ketones is 1. The smallest absolute Gasteiger partial charge is 0.253 e. The Morgan fingerprint density at radius 1 is 1.16 bits per heavy atom. The Morgan fingerprint density at radius 2 is 1.86 bits per heavy atom. The quantitative estimate of drug-likeness (QED) is 0.530. The second-order valence-electron chi connectivity index (χ2n) is 10.00. The largest absolute Gasteiger partial charge is 0.494 e. The van der Waals surface area contributed by atoms with Crippen molar-refractivity contribution in [3.05, 3.63) is 52.1 Å². The number of carbonyl (C=O) groups excluding carboxylic acids is 2. The van der Waals surface area contributed by atoms with Crippen LogP contribution in [0.3, 0.4) is 0 Å². The number of benzene rings is 2. The molecule has 1 amide bonds. The molecule has 0 aliphatic carbocycles. The fourth-order valence-corrected chi connectivity index (χ4v) is 5.01. The molecule has 0 bridgehead atoms. The Kier molecular flexibility index (Phi) is 7.73. The first kappa shape index (κ1) is 26.5. The maximum Gasteiger partial charge on any atom is 0.253 e. The van der Waals surface area contributed by atoms with Gasteiger partial charge in [-0.3, -0.25) is 15.0 Å². The number of fused-ring (bicyclic) bond motifs is 1. The van der Waals surface area contributed by atoms with E-state index in [4.69, 9.17) is 14.9 Å². The summed E-state index contributed by atoms with van der Waals surface area (Å²) in [5.74, 6) is 0.960. The summed E-state index contributed by atoms with van der Waals surface area (Å²) in [6, 6.07) is 7.55. The Balaban J connectivity index is 1.64. The van der Waals surface area contributed by atoms with Crippen LogP contribution in [0.4, 0.5) is 11.4 Å². The molecule has 2 aromatic rings. The minimum atomic E-state index is -0.205. The van der Waals surface area contributed by atoms with Crippen molar-refractivity contribution in [1.82, 2.24) is 10.2 Å². The lowest BCUT2D eigenvalue weighted by molar-refractivity contribution is 0.0955. The molecule has 0 spiro atoms. The summed E-state index contributed by atoms with van der Waals surface area (Å²) in [6.07, 6.45) is 0. The number of nitrogens with one attached hydrogen (secondary N) is 2. The summed E-state index contributed by atoms with van der Waals surface area (Å²) in [5.41, 5.74) is 5.41. The number of amides is 1. The molecule has 2 aliphatic heterocycles. The molecule has 0 aromatic heterocycles. The minimum absolute atomic E-state index is 0.0593. The van der Waals surface area contributed by atoms with Gasteiger partial charge in [-0.15, -0.1) is 0 Å². The average Bonchev–Trinajstić information content (AvgIpc) is 3.20. The highest BCUT2D eigenvalue weighted by Crippen LogP contribution is 2.38. The topological polar surface area (TPSA) is 98.2 Å². The summed E-state index contributed by atoms with van der Waals surface area (Å²) >= 11 is 0. The number of hydrogen-bond donors (Lipinski definition) is 2. The monoisotopic (exact) mass is 507 g/mol. The van der Waals surface area contributed by atoms with Crippen LogP contribution in [0.1, 0.15) is 57.2 Å². The van der Waals surface area contributed by atoms with Crippen molar-refractivity contribution < 1.29 is 19.1 Å². The van der Waals surface area contributed by atoms with Crippen LogP contribution in [0.25, 0.3) is 0 Å². The summed E-state index contributed by atoms with van der Waals surface area (Å²) in [6.45, 7) is 7.44. The number of carbonyl (C=O) groups is 2. The van der Waals surface area contributed by atoms with Gasteiger partial charge in [-0.05, 0) is 41.3 Å². The summed E-state index contributed by atoms with van der Waals surface area (Å²) in [4.78, 5) is 32.0. The van der Waals surface area contributed by atoms with E-state index >= 15 is 0 Å². The van der Waals surface area contributed by atoms with E-state index in [1.54, 1.807) is 25.1 Å². The first-order chi connectivity index (χ1) is 17.7. The van der Waals surface area contributed by atoms with Crippen molar-refractivity contribution in [1.29, 1.82) is 5.41 Å². The fraction of sp³-hybridized carbons (Fsp3) is 0.464. The van der Waals surface area contributed by atoms with Crippen LogP contribution in [0.15, 0.2) is 24.3 Å². The fourth-order valence-electron chi connectivity index (χ4n) is 5.01. The highest BCUT2D eigenvalue weighted by atomic mass is 16.5. The number of methoxy groups -OCH3 is 1. The molecule has 0 radical (unpaired) electrons. The van der Waals surface area contributed by atoms with Crippen LogP contribution in [0, 0.1) is 5.41 Å². The zero-order valence-electron chi connectivity index (χ0n) is 22.6. The van der Waals surface area contributed by atoms with Gasteiger partial charge in [0, 0.05) is 57.6 Å². The summed E-state index contributed by atoms with van der Waals surface area (Å²) in [7, 11) is 7.04. The van der Waals surface area contributed by atoms with Crippen LogP contribution in [0.5, 0.6) is 5.75 Å². The molecule has 198 valence electrons. The minimum Gasteiger partial charge on any atom is -0.494 e. The van der Waals surface area contributed by atoms with Gasteiger partial charge in [0.2, 0.25) is 0 Å². The van der Waals surface area contributed by atoms with Gasteiger partial charge < -0.3 is 29.5 Å². The Labute approximate surface area is 218 Å². The molecule has 0 unspecified atom stereocenters. The van der Waals surface area contributed by atoms with Gasteiger partial charge in [-0.25, -0.2) is 0 Å². The van der Waals surface area contributed by atoms with E-state index in [1.807, 2.05) is 37.2 Å². The standard InChI is InChI=1S/C28H37N5O4/c1-17(2)20-11-18(12-24(26(20)36-6)32-7-9-37-10-8-32)25(34)16-33-15-19-13-23(31(4)5)22(28(35)30-3)14-21(19)27(33)29/h11-14,17,29H,7-10,15-16H2,1-6H3,(H,30,35). The normalized spacial score (nSPS) is 15.2. The number of hydrogen-bond acceptors (Lipinski definition) is 7. The number of rotatable bonds is 8. The lowest BCUT2D eigenvalue weighted by atomic mass is 9.96. The SMILES string of the molecule is CNC(=O)c1cc2c(cc1N(C)C)CN(CC(=O)c1cc(C(C)C)c(OC)c(N3CCOCC3)c1)C2=N. The second kappa shape index (κ2) is 10.8. The molecule has 2 heterocycles. The van der Waals surface area contributed by atoms with Crippen molar-refractivity contribution in [2.75, 3.05) is 70.9 Å². The third kappa shape index (κ3) is 5.13. The predicted octanol–water partition coefficient (Wildman–Crippen LogP) is 3.10. The maximum absolute atomic E-state index is 13.6. The van der Waals surface area contributed by atoms with E-state index in [2.05, 4.69) is 24.1 Å². The summed E-state index contributed by atoms with van der Waals surface area (Å²) in [5, 5.41) is 11.5. The van der Waals surface area contributed by atoms with Crippen LogP contribution in [-0.4, -0.2) is 83.5 Å². The number of morpholine rings is 1. The molecule has 1 fully saturated rings. The Bertz CT molecular complexity index is 1220. The molecule has 37 heavy (non-hydrogen) atoms. The zero-order chi connectivity index (χ0) is 26.9. The molecule has 1 saturated heterocycles. The van der Waals surface area contributed by atoms with E-state index in [-0.39, 0.29) is 30.0 Å². The van der Waals surface area contributed by atoms with Gasteiger partial charge in [0.25, 0.3) is 5.91 Å². The van der Waals surface area contributed by atoms with Crippen molar-refractivity contribution >= 4 is 28.9 Å². The molecular weight excluding hydrogens is 470 g/mol. The molecule has 2 aliphatic rings. The van der Waals surface area contributed by atoms with Gasteiger partial charge in [0.05, 0.1) is 38.1 Å². The van der Waals surface area contributed by atoms with Crippen LogP contribution in [0.2, 0.25) is 0 Å². The van der Waals surface area contributed by atoms with Crippen LogP contribution in [-0.2, 0) is 11.3 Å². The number of anilines is 2. The van der Waals surface area contributed by atoms with Gasteiger partial charge in [0.15, 0.2) is 5.78 Å². The lowest BCUT2D eigenvalue weighted by Gasteiger charge is -2.31. The third-order valence-electron chi connectivity index (χ3n) is 7.04. The molecule has 9 heteroatoms. The lowest BCUT2D eigenvalue weighted by Crippen LogP contribution is -2.37. The van der Waals surface area contributed by atoms with E-state index in [0.29, 0.717) is 36.4 Å². The van der Waals surface area contributed by atoms with Gasteiger partial charge in [-0.2, -0.15) is 0 Å². The van der Waals surface area contributed by atoms with Gasteiger partial charge in [0.1, 0.15) is 11.6 Å². The maximum atomic E-state index is 13.6.